The number of rotatable bonds is 7. The molecule has 8 nitrogen and oxygen atoms in total. The summed E-state index contributed by atoms with van der Waals surface area (Å²) < 4.78 is 8.29. The average Bonchev–Trinajstić information content (AvgIpc) is 3.10. The van der Waals surface area contributed by atoms with E-state index in [4.69, 9.17) is 4.42 Å². The fraction of sp³-hybridized carbons (Fsp3) is 0.360. The van der Waals surface area contributed by atoms with Crippen LogP contribution in [0.25, 0.3) is 21.9 Å². The maximum Gasteiger partial charge on any atom is 0.420 e. The first-order chi connectivity index (χ1) is 15.8. The molecule has 0 radical (unpaired) electrons. The summed E-state index contributed by atoms with van der Waals surface area (Å²) in [6, 6.07) is 14.0. The molecule has 2 heterocycles. The van der Waals surface area contributed by atoms with E-state index in [0.29, 0.717) is 34.1 Å². The molecule has 1 N–H and O–H groups in total. The van der Waals surface area contributed by atoms with Gasteiger partial charge in [0.05, 0.1) is 29.1 Å². The SMILES string of the molecule is CC(C)[C@@H](Cn1c(=O)oc2ccccc21)NC(=O)Cc1nn(C(C)C)c(=O)c2ccccc12. The Balaban J connectivity index is 1.61. The first-order valence-electron chi connectivity index (χ1n) is 11.1. The summed E-state index contributed by atoms with van der Waals surface area (Å²) in [5, 5.41) is 8.77. The maximum atomic E-state index is 13.1. The van der Waals surface area contributed by atoms with Gasteiger partial charge in [0.1, 0.15) is 0 Å². The van der Waals surface area contributed by atoms with Crippen LogP contribution in [0, 0.1) is 5.92 Å². The molecule has 0 aliphatic rings. The zero-order chi connectivity index (χ0) is 23.7. The number of nitrogens with one attached hydrogen (secondary N) is 1. The Hall–Kier alpha value is -3.68. The quantitative estimate of drug-likeness (QED) is 0.468. The van der Waals surface area contributed by atoms with Crippen molar-refractivity contribution in [2.75, 3.05) is 0 Å². The topological polar surface area (TPSA) is 99.1 Å². The molecule has 4 rings (SSSR count). The lowest BCUT2D eigenvalue weighted by Gasteiger charge is -2.23. The molecule has 8 heteroatoms. The minimum absolute atomic E-state index is 0.0256. The molecule has 0 saturated heterocycles. The number of aromatic nitrogens is 3. The van der Waals surface area contributed by atoms with Crippen molar-refractivity contribution in [2.45, 2.75) is 52.7 Å². The third kappa shape index (κ3) is 4.46. The van der Waals surface area contributed by atoms with Gasteiger partial charge in [0.2, 0.25) is 5.91 Å². The number of hydrogen-bond acceptors (Lipinski definition) is 5. The summed E-state index contributed by atoms with van der Waals surface area (Å²) in [6.07, 6.45) is 0.0256. The zero-order valence-corrected chi connectivity index (χ0v) is 19.2. The number of oxazole rings is 1. The molecule has 0 aliphatic carbocycles. The number of nitrogens with zero attached hydrogens (tertiary/aromatic N) is 3. The van der Waals surface area contributed by atoms with E-state index in [0.717, 1.165) is 0 Å². The van der Waals surface area contributed by atoms with Crippen molar-refractivity contribution in [3.05, 3.63) is 75.1 Å². The number of amides is 1. The molecule has 33 heavy (non-hydrogen) atoms. The molecule has 0 aliphatic heterocycles. The average molecular weight is 449 g/mol. The Kier molecular flexibility index (Phi) is 6.18. The van der Waals surface area contributed by atoms with Crippen LogP contribution in [0.3, 0.4) is 0 Å². The van der Waals surface area contributed by atoms with Crippen molar-refractivity contribution < 1.29 is 9.21 Å². The number of carbonyl (C=O) groups is 1. The summed E-state index contributed by atoms with van der Waals surface area (Å²) in [4.78, 5) is 38.2. The summed E-state index contributed by atoms with van der Waals surface area (Å²) >= 11 is 0. The lowest BCUT2D eigenvalue weighted by atomic mass is 10.0. The summed E-state index contributed by atoms with van der Waals surface area (Å²) in [6.45, 7) is 8.04. The number of hydrogen-bond donors (Lipinski definition) is 1. The van der Waals surface area contributed by atoms with E-state index in [1.54, 1.807) is 22.8 Å². The normalized spacial score (nSPS) is 12.7. The molecule has 4 aromatic rings. The second kappa shape index (κ2) is 9.05. The van der Waals surface area contributed by atoms with Crippen molar-refractivity contribution >= 4 is 27.8 Å². The van der Waals surface area contributed by atoms with Crippen molar-refractivity contribution in [1.82, 2.24) is 19.7 Å². The van der Waals surface area contributed by atoms with Gasteiger partial charge < -0.3 is 9.73 Å². The Morgan fingerprint density at radius 3 is 2.36 bits per heavy atom. The number of carbonyl (C=O) groups excluding carboxylic acids is 1. The monoisotopic (exact) mass is 448 g/mol. The van der Waals surface area contributed by atoms with Crippen molar-refractivity contribution in [1.29, 1.82) is 0 Å². The second-order valence-electron chi connectivity index (χ2n) is 8.88. The van der Waals surface area contributed by atoms with Gasteiger partial charge in [-0.2, -0.15) is 5.10 Å². The second-order valence-corrected chi connectivity index (χ2v) is 8.88. The van der Waals surface area contributed by atoms with Gasteiger partial charge in [0.15, 0.2) is 5.58 Å². The van der Waals surface area contributed by atoms with E-state index < -0.39 is 5.76 Å². The molecule has 0 fully saturated rings. The standard InChI is InChI=1S/C25H28N4O4/c1-15(2)20(14-28-21-11-7-8-12-22(21)33-25(28)32)26-23(30)13-19-17-9-5-6-10-18(17)24(31)29(27-19)16(3)4/h5-12,15-16,20H,13-14H2,1-4H3,(H,26,30)/t20-/m1/s1. The number of fused-ring (bicyclic) bond motifs is 2. The molecule has 1 atom stereocenters. The Bertz CT molecular complexity index is 1430. The Morgan fingerprint density at radius 1 is 1.00 bits per heavy atom. The predicted octanol–water partition coefficient (Wildman–Crippen LogP) is 3.27. The van der Waals surface area contributed by atoms with Gasteiger partial charge in [0, 0.05) is 18.0 Å². The molecule has 0 spiro atoms. The molecular weight excluding hydrogens is 420 g/mol. The van der Waals surface area contributed by atoms with E-state index >= 15 is 0 Å². The summed E-state index contributed by atoms with van der Waals surface area (Å²) in [5.41, 5.74) is 1.59. The molecule has 0 unspecified atom stereocenters. The predicted molar refractivity (Wildman–Crippen MR) is 127 cm³/mol. The minimum Gasteiger partial charge on any atom is -0.408 e. The van der Waals surface area contributed by atoms with Gasteiger partial charge >= 0.3 is 5.76 Å². The highest BCUT2D eigenvalue weighted by molar-refractivity contribution is 5.88. The first kappa shape index (κ1) is 22.5. The van der Waals surface area contributed by atoms with Crippen LogP contribution in [0.1, 0.15) is 39.4 Å². The van der Waals surface area contributed by atoms with Gasteiger partial charge in [-0.3, -0.25) is 14.2 Å². The van der Waals surface area contributed by atoms with Crippen molar-refractivity contribution in [3.8, 4) is 0 Å². The number of para-hydroxylation sites is 2. The third-order valence-electron chi connectivity index (χ3n) is 5.83. The van der Waals surface area contributed by atoms with Crippen LogP contribution >= 0.6 is 0 Å². The maximum absolute atomic E-state index is 13.1. The lowest BCUT2D eigenvalue weighted by Crippen LogP contribution is -2.43. The highest BCUT2D eigenvalue weighted by Gasteiger charge is 2.22. The smallest absolute Gasteiger partial charge is 0.408 e. The molecule has 2 aromatic heterocycles. The molecular formula is C25H28N4O4. The highest BCUT2D eigenvalue weighted by Crippen LogP contribution is 2.17. The van der Waals surface area contributed by atoms with E-state index in [1.807, 2.05) is 58.0 Å². The fourth-order valence-corrected chi connectivity index (χ4v) is 3.97. The third-order valence-corrected chi connectivity index (χ3v) is 5.83. The van der Waals surface area contributed by atoms with Gasteiger partial charge in [-0.1, -0.05) is 44.2 Å². The minimum atomic E-state index is -0.451. The van der Waals surface area contributed by atoms with Crippen LogP contribution in [0.5, 0.6) is 0 Å². The van der Waals surface area contributed by atoms with Crippen molar-refractivity contribution in [2.24, 2.45) is 5.92 Å². The van der Waals surface area contributed by atoms with Gasteiger partial charge in [-0.05, 0) is 38.0 Å². The van der Waals surface area contributed by atoms with Crippen molar-refractivity contribution in [3.63, 3.8) is 0 Å². The first-order valence-corrected chi connectivity index (χ1v) is 11.1. The Morgan fingerprint density at radius 2 is 1.67 bits per heavy atom. The summed E-state index contributed by atoms with van der Waals surface area (Å²) in [7, 11) is 0. The van der Waals surface area contributed by atoms with Crippen LogP contribution in [-0.2, 0) is 17.8 Å². The molecule has 172 valence electrons. The fourth-order valence-electron chi connectivity index (χ4n) is 3.97. The van der Waals surface area contributed by atoms with Crippen LogP contribution < -0.4 is 16.6 Å². The van der Waals surface area contributed by atoms with Crippen LogP contribution in [-0.4, -0.2) is 26.3 Å². The molecule has 0 bridgehead atoms. The van der Waals surface area contributed by atoms with Gasteiger partial charge in [-0.25, -0.2) is 9.48 Å². The van der Waals surface area contributed by atoms with E-state index in [9.17, 15) is 14.4 Å². The summed E-state index contributed by atoms with van der Waals surface area (Å²) in [5.74, 6) is -0.599. The molecule has 0 saturated carbocycles. The van der Waals surface area contributed by atoms with Crippen LogP contribution in [0.4, 0.5) is 0 Å². The van der Waals surface area contributed by atoms with Crippen LogP contribution in [0.15, 0.2) is 62.5 Å². The Labute approximate surface area is 190 Å². The lowest BCUT2D eigenvalue weighted by molar-refractivity contribution is -0.121. The highest BCUT2D eigenvalue weighted by atomic mass is 16.4. The van der Waals surface area contributed by atoms with Gasteiger partial charge in [0.25, 0.3) is 5.56 Å². The van der Waals surface area contributed by atoms with Crippen LogP contribution in [0.2, 0.25) is 0 Å². The largest absolute Gasteiger partial charge is 0.420 e. The molecule has 1 amide bonds. The molecule has 2 aromatic carbocycles. The van der Waals surface area contributed by atoms with E-state index in [2.05, 4.69) is 10.4 Å². The van der Waals surface area contributed by atoms with E-state index in [-0.39, 0.29) is 35.9 Å². The zero-order valence-electron chi connectivity index (χ0n) is 19.2. The van der Waals surface area contributed by atoms with Gasteiger partial charge in [-0.15, -0.1) is 0 Å². The van der Waals surface area contributed by atoms with E-state index in [1.165, 1.54) is 4.68 Å². The number of benzene rings is 2.